The Morgan fingerprint density at radius 3 is 2.27 bits per heavy atom. The summed E-state index contributed by atoms with van der Waals surface area (Å²) in [6.07, 6.45) is 1.26. The maximum atomic E-state index is 5.03. The molecule has 0 aromatic heterocycles. The molecule has 0 fully saturated rings. The molecule has 1 N–H and O–H groups in total. The third-order valence-electron chi connectivity index (χ3n) is 3.29. The summed E-state index contributed by atoms with van der Waals surface area (Å²) in [5, 5.41) is 3.48. The molecule has 0 saturated heterocycles. The summed E-state index contributed by atoms with van der Waals surface area (Å²) in [7, 11) is 1.75. The van der Waals surface area contributed by atoms with Crippen LogP contribution in [0.4, 0.5) is 0 Å². The topological polar surface area (TPSA) is 21.3 Å². The Kier molecular flexibility index (Phi) is 7.20. The predicted octanol–water partition coefficient (Wildman–Crippen LogP) is 2.93. The molecule has 2 nitrogen and oxygen atoms in total. The molecule has 2 heteroatoms. The number of nitrogens with one attached hydrogen (secondary N) is 1. The highest BCUT2D eigenvalue weighted by Crippen LogP contribution is 2.32. The molecule has 0 rings (SSSR count). The fourth-order valence-corrected chi connectivity index (χ4v) is 2.08. The molecule has 0 amide bonds. The highest BCUT2D eigenvalue weighted by molar-refractivity contribution is 4.79. The van der Waals surface area contributed by atoms with Crippen LogP contribution >= 0.6 is 0 Å². The first-order valence-electron chi connectivity index (χ1n) is 6.13. The van der Waals surface area contributed by atoms with Gasteiger partial charge in [-0.3, -0.25) is 0 Å². The second-order valence-electron chi connectivity index (χ2n) is 5.55. The average Bonchev–Trinajstić information content (AvgIpc) is 2.15. The van der Waals surface area contributed by atoms with Gasteiger partial charge in [-0.05, 0) is 23.8 Å². The average molecular weight is 215 g/mol. The Morgan fingerprint density at radius 2 is 1.87 bits per heavy atom. The van der Waals surface area contributed by atoms with Crippen molar-refractivity contribution >= 4 is 0 Å². The van der Waals surface area contributed by atoms with Gasteiger partial charge in [0.1, 0.15) is 0 Å². The monoisotopic (exact) mass is 215 g/mol. The third-order valence-corrected chi connectivity index (χ3v) is 3.29. The van der Waals surface area contributed by atoms with Crippen LogP contribution in [0.25, 0.3) is 0 Å². The largest absolute Gasteiger partial charge is 0.383 e. The minimum atomic E-state index is 0.384. The van der Waals surface area contributed by atoms with Gasteiger partial charge in [-0.15, -0.1) is 0 Å². The molecular weight excluding hydrogens is 186 g/mol. The van der Waals surface area contributed by atoms with E-state index in [2.05, 4.69) is 39.9 Å². The molecular formula is C13H29NO. The zero-order valence-corrected chi connectivity index (χ0v) is 11.4. The van der Waals surface area contributed by atoms with E-state index in [9.17, 15) is 0 Å². The van der Waals surface area contributed by atoms with Gasteiger partial charge in [-0.2, -0.15) is 0 Å². The number of ether oxygens (including phenoxy) is 1. The van der Waals surface area contributed by atoms with E-state index in [1.54, 1.807) is 7.11 Å². The fraction of sp³-hybridized carbons (Fsp3) is 1.00. The molecule has 0 aromatic carbocycles. The molecule has 0 aliphatic heterocycles. The molecule has 2 unspecified atom stereocenters. The minimum absolute atomic E-state index is 0.384. The summed E-state index contributed by atoms with van der Waals surface area (Å²) < 4.78 is 5.03. The Labute approximate surface area is 95.8 Å². The standard InChI is InChI=1S/C13H29NO/c1-7-11(2)12(13(3,4)5)10-14-8-9-15-6/h11-12,14H,7-10H2,1-6H3. The minimum Gasteiger partial charge on any atom is -0.383 e. The van der Waals surface area contributed by atoms with Crippen LogP contribution in [0.1, 0.15) is 41.0 Å². The van der Waals surface area contributed by atoms with Gasteiger partial charge in [0.2, 0.25) is 0 Å². The first kappa shape index (κ1) is 14.9. The first-order chi connectivity index (χ1) is 6.93. The molecule has 0 aliphatic rings. The molecule has 0 saturated carbocycles. The van der Waals surface area contributed by atoms with Crippen molar-refractivity contribution in [3.05, 3.63) is 0 Å². The van der Waals surface area contributed by atoms with E-state index in [4.69, 9.17) is 4.74 Å². The lowest BCUT2D eigenvalue weighted by Gasteiger charge is -2.35. The molecule has 2 atom stereocenters. The van der Waals surface area contributed by atoms with Crippen LogP contribution in [0, 0.1) is 17.3 Å². The Hall–Kier alpha value is -0.0800. The van der Waals surface area contributed by atoms with Crippen LogP contribution in [0.5, 0.6) is 0 Å². The Morgan fingerprint density at radius 1 is 1.27 bits per heavy atom. The second-order valence-corrected chi connectivity index (χ2v) is 5.55. The van der Waals surface area contributed by atoms with Crippen molar-refractivity contribution in [3.63, 3.8) is 0 Å². The van der Waals surface area contributed by atoms with E-state index in [1.807, 2.05) is 0 Å². The van der Waals surface area contributed by atoms with Gasteiger partial charge in [0.15, 0.2) is 0 Å². The van der Waals surface area contributed by atoms with Crippen molar-refractivity contribution in [2.45, 2.75) is 41.0 Å². The fourth-order valence-electron chi connectivity index (χ4n) is 2.08. The van der Waals surface area contributed by atoms with Crippen molar-refractivity contribution in [2.75, 3.05) is 26.8 Å². The van der Waals surface area contributed by atoms with E-state index in [0.717, 1.165) is 31.5 Å². The van der Waals surface area contributed by atoms with Crippen LogP contribution in [-0.4, -0.2) is 26.8 Å². The van der Waals surface area contributed by atoms with Crippen LogP contribution in [-0.2, 0) is 4.74 Å². The molecule has 0 radical (unpaired) electrons. The van der Waals surface area contributed by atoms with Gasteiger partial charge in [-0.1, -0.05) is 41.0 Å². The maximum absolute atomic E-state index is 5.03. The van der Waals surface area contributed by atoms with E-state index in [0.29, 0.717) is 5.41 Å². The van der Waals surface area contributed by atoms with Gasteiger partial charge < -0.3 is 10.1 Å². The number of hydrogen-bond donors (Lipinski definition) is 1. The lowest BCUT2D eigenvalue weighted by Crippen LogP contribution is -2.37. The summed E-state index contributed by atoms with van der Waals surface area (Å²) in [5.41, 5.74) is 0.384. The van der Waals surface area contributed by atoms with Crippen molar-refractivity contribution in [1.29, 1.82) is 0 Å². The van der Waals surface area contributed by atoms with Crippen molar-refractivity contribution in [1.82, 2.24) is 5.32 Å². The van der Waals surface area contributed by atoms with E-state index in [1.165, 1.54) is 6.42 Å². The van der Waals surface area contributed by atoms with E-state index < -0.39 is 0 Å². The maximum Gasteiger partial charge on any atom is 0.0587 e. The lowest BCUT2D eigenvalue weighted by molar-refractivity contribution is 0.150. The van der Waals surface area contributed by atoms with Crippen LogP contribution in [0.2, 0.25) is 0 Å². The Balaban J connectivity index is 4.03. The summed E-state index contributed by atoms with van der Waals surface area (Å²) in [5.74, 6) is 1.51. The zero-order valence-electron chi connectivity index (χ0n) is 11.4. The quantitative estimate of drug-likeness (QED) is 0.659. The zero-order chi connectivity index (χ0) is 11.9. The second kappa shape index (κ2) is 7.24. The van der Waals surface area contributed by atoms with Gasteiger partial charge in [0, 0.05) is 13.7 Å². The van der Waals surface area contributed by atoms with Crippen molar-refractivity contribution in [2.24, 2.45) is 17.3 Å². The van der Waals surface area contributed by atoms with Gasteiger partial charge in [-0.25, -0.2) is 0 Å². The van der Waals surface area contributed by atoms with Crippen LogP contribution in [0.15, 0.2) is 0 Å². The first-order valence-corrected chi connectivity index (χ1v) is 6.13. The lowest BCUT2D eigenvalue weighted by atomic mass is 9.73. The molecule has 0 aliphatic carbocycles. The summed E-state index contributed by atoms with van der Waals surface area (Å²) in [6, 6.07) is 0. The van der Waals surface area contributed by atoms with E-state index in [-0.39, 0.29) is 0 Å². The van der Waals surface area contributed by atoms with Crippen LogP contribution < -0.4 is 5.32 Å². The molecule has 15 heavy (non-hydrogen) atoms. The number of rotatable bonds is 7. The SMILES string of the molecule is CCC(C)C(CNCCOC)C(C)(C)C. The molecule has 0 heterocycles. The normalized spacial score (nSPS) is 16.4. The number of hydrogen-bond acceptors (Lipinski definition) is 2. The highest BCUT2D eigenvalue weighted by Gasteiger charge is 2.28. The van der Waals surface area contributed by atoms with Gasteiger partial charge in [0.25, 0.3) is 0 Å². The molecule has 0 aromatic rings. The Bertz CT molecular complexity index is 151. The smallest absolute Gasteiger partial charge is 0.0587 e. The van der Waals surface area contributed by atoms with E-state index >= 15 is 0 Å². The summed E-state index contributed by atoms with van der Waals surface area (Å²) in [6.45, 7) is 14.5. The molecule has 0 bridgehead atoms. The molecule has 92 valence electrons. The number of methoxy groups -OCH3 is 1. The van der Waals surface area contributed by atoms with Gasteiger partial charge >= 0.3 is 0 Å². The molecule has 0 spiro atoms. The highest BCUT2D eigenvalue weighted by atomic mass is 16.5. The van der Waals surface area contributed by atoms with Crippen molar-refractivity contribution in [3.8, 4) is 0 Å². The van der Waals surface area contributed by atoms with Crippen LogP contribution in [0.3, 0.4) is 0 Å². The summed E-state index contributed by atoms with van der Waals surface area (Å²) in [4.78, 5) is 0. The van der Waals surface area contributed by atoms with Crippen molar-refractivity contribution < 1.29 is 4.74 Å². The third kappa shape index (κ3) is 6.16. The summed E-state index contributed by atoms with van der Waals surface area (Å²) >= 11 is 0. The van der Waals surface area contributed by atoms with Gasteiger partial charge in [0.05, 0.1) is 6.61 Å². The predicted molar refractivity (Wildman–Crippen MR) is 67.1 cm³/mol.